The van der Waals surface area contributed by atoms with Crippen molar-refractivity contribution in [2.24, 2.45) is 5.41 Å². The van der Waals surface area contributed by atoms with Crippen LogP contribution in [-0.4, -0.2) is 12.9 Å². The Morgan fingerprint density at radius 1 is 0.966 bits per heavy atom. The van der Waals surface area contributed by atoms with Crippen molar-refractivity contribution in [1.82, 2.24) is 0 Å². The summed E-state index contributed by atoms with van der Waals surface area (Å²) in [5.74, 6) is 1.04. The number of hydrogen-bond acceptors (Lipinski definition) is 3. The number of carbonyl (C=O) groups is 1. The summed E-state index contributed by atoms with van der Waals surface area (Å²) in [6.45, 7) is 4.39. The molecular formula is C26H25NO2. The Bertz CT molecular complexity index is 1170. The van der Waals surface area contributed by atoms with Gasteiger partial charge in [-0.3, -0.25) is 4.79 Å². The number of allylic oxidation sites excluding steroid dienone is 1. The second kappa shape index (κ2) is 6.48. The largest absolute Gasteiger partial charge is 0.496 e. The van der Waals surface area contributed by atoms with E-state index in [0.717, 1.165) is 29.0 Å². The van der Waals surface area contributed by atoms with Gasteiger partial charge in [0.2, 0.25) is 0 Å². The Balaban J connectivity index is 1.82. The molecule has 5 rings (SSSR count). The highest BCUT2D eigenvalue weighted by Gasteiger charge is 2.41. The van der Waals surface area contributed by atoms with E-state index in [1.807, 2.05) is 18.2 Å². The second-order valence-corrected chi connectivity index (χ2v) is 8.86. The molecule has 29 heavy (non-hydrogen) atoms. The lowest BCUT2D eigenvalue weighted by Crippen LogP contribution is -2.33. The maximum Gasteiger partial charge on any atom is 0.162 e. The van der Waals surface area contributed by atoms with Crippen LogP contribution < -0.4 is 10.1 Å². The molecule has 0 amide bonds. The fourth-order valence-corrected chi connectivity index (χ4v) is 4.98. The van der Waals surface area contributed by atoms with E-state index in [1.54, 1.807) is 7.11 Å². The van der Waals surface area contributed by atoms with Crippen LogP contribution in [0.25, 0.3) is 16.3 Å². The van der Waals surface area contributed by atoms with Crippen molar-refractivity contribution in [2.45, 2.75) is 32.7 Å². The molecule has 1 aliphatic heterocycles. The van der Waals surface area contributed by atoms with Gasteiger partial charge in [-0.25, -0.2) is 0 Å². The molecule has 3 aromatic carbocycles. The molecular weight excluding hydrogens is 358 g/mol. The number of nitrogens with one attached hydrogen (secondary N) is 1. The molecule has 0 fully saturated rings. The zero-order chi connectivity index (χ0) is 20.2. The lowest BCUT2D eigenvalue weighted by Gasteiger charge is -2.40. The first-order valence-electron chi connectivity index (χ1n) is 10.2. The molecule has 0 saturated heterocycles. The molecule has 1 atom stereocenters. The number of hydrogen-bond donors (Lipinski definition) is 1. The number of fused-ring (bicyclic) bond motifs is 4. The Morgan fingerprint density at radius 2 is 1.72 bits per heavy atom. The van der Waals surface area contributed by atoms with Gasteiger partial charge in [-0.2, -0.15) is 0 Å². The number of anilines is 1. The summed E-state index contributed by atoms with van der Waals surface area (Å²) in [5.41, 5.74) is 5.32. The Morgan fingerprint density at radius 3 is 2.55 bits per heavy atom. The lowest BCUT2D eigenvalue weighted by atomic mass is 9.68. The highest BCUT2D eigenvalue weighted by Crippen LogP contribution is 2.52. The summed E-state index contributed by atoms with van der Waals surface area (Å²) in [7, 11) is 1.68. The van der Waals surface area contributed by atoms with Gasteiger partial charge in [-0.05, 0) is 40.3 Å². The maximum absolute atomic E-state index is 13.4. The molecule has 0 unspecified atom stereocenters. The third kappa shape index (κ3) is 2.84. The van der Waals surface area contributed by atoms with Crippen molar-refractivity contribution in [2.75, 3.05) is 12.4 Å². The van der Waals surface area contributed by atoms with Crippen LogP contribution in [0.2, 0.25) is 0 Å². The molecule has 3 aromatic rings. The quantitative estimate of drug-likeness (QED) is 0.576. The minimum absolute atomic E-state index is 0.0488. The second-order valence-electron chi connectivity index (χ2n) is 8.86. The molecule has 2 aliphatic rings. The zero-order valence-corrected chi connectivity index (χ0v) is 17.1. The predicted octanol–water partition coefficient (Wildman–Crippen LogP) is 6.16. The van der Waals surface area contributed by atoms with Crippen LogP contribution in [0.5, 0.6) is 5.75 Å². The lowest BCUT2D eigenvalue weighted by molar-refractivity contribution is -0.118. The highest BCUT2D eigenvalue weighted by molar-refractivity contribution is 6.13. The standard InChI is InChI=1S/C26H25NO2/c1-26(2)14-19-23-17-9-5-4-8-16(17)12-13-20(23)27-25(24(19)21(28)15-26)18-10-6-7-11-22(18)29-3/h4-13,25,27H,14-15H2,1-3H3/t25-/m1/s1. The third-order valence-electron chi connectivity index (χ3n) is 6.19. The van der Waals surface area contributed by atoms with E-state index in [0.29, 0.717) is 6.42 Å². The number of ketones is 1. The monoisotopic (exact) mass is 383 g/mol. The zero-order valence-electron chi connectivity index (χ0n) is 17.1. The Labute approximate surface area is 171 Å². The summed E-state index contributed by atoms with van der Waals surface area (Å²) in [6.07, 6.45) is 1.46. The minimum atomic E-state index is -0.196. The van der Waals surface area contributed by atoms with E-state index >= 15 is 0 Å². The maximum atomic E-state index is 13.4. The van der Waals surface area contributed by atoms with Gasteiger partial charge in [0.15, 0.2) is 5.78 Å². The van der Waals surface area contributed by atoms with Gasteiger partial charge in [0, 0.05) is 28.8 Å². The third-order valence-corrected chi connectivity index (χ3v) is 6.19. The Hall–Kier alpha value is -3.07. The van der Waals surface area contributed by atoms with Gasteiger partial charge < -0.3 is 10.1 Å². The van der Waals surface area contributed by atoms with E-state index in [2.05, 4.69) is 61.6 Å². The van der Waals surface area contributed by atoms with Crippen molar-refractivity contribution in [1.29, 1.82) is 0 Å². The SMILES string of the molecule is COc1ccccc1[C@H]1Nc2ccc3ccccc3c2C2=C1C(=O)CC(C)(C)C2. The highest BCUT2D eigenvalue weighted by atomic mass is 16.5. The number of carbonyl (C=O) groups excluding carboxylic acids is 1. The first kappa shape index (κ1) is 18.0. The first-order valence-corrected chi connectivity index (χ1v) is 10.2. The predicted molar refractivity (Wildman–Crippen MR) is 118 cm³/mol. The van der Waals surface area contributed by atoms with Crippen LogP contribution >= 0.6 is 0 Å². The molecule has 3 heteroatoms. The number of para-hydroxylation sites is 1. The fourth-order valence-electron chi connectivity index (χ4n) is 4.98. The molecule has 0 aromatic heterocycles. The van der Waals surface area contributed by atoms with E-state index in [1.165, 1.54) is 21.9 Å². The Kier molecular flexibility index (Phi) is 4.02. The first-order chi connectivity index (χ1) is 14.0. The van der Waals surface area contributed by atoms with Gasteiger partial charge >= 0.3 is 0 Å². The van der Waals surface area contributed by atoms with Crippen molar-refractivity contribution in [3.8, 4) is 5.75 Å². The van der Waals surface area contributed by atoms with Crippen molar-refractivity contribution in [3.05, 3.63) is 77.4 Å². The summed E-state index contributed by atoms with van der Waals surface area (Å²) in [6, 6.07) is 20.5. The van der Waals surface area contributed by atoms with Crippen LogP contribution in [0, 0.1) is 5.41 Å². The van der Waals surface area contributed by atoms with Crippen molar-refractivity contribution < 1.29 is 9.53 Å². The normalized spacial score (nSPS) is 20.1. The van der Waals surface area contributed by atoms with E-state index in [9.17, 15) is 4.79 Å². The minimum Gasteiger partial charge on any atom is -0.496 e. The van der Waals surface area contributed by atoms with Crippen LogP contribution in [0.15, 0.2) is 66.2 Å². The smallest absolute Gasteiger partial charge is 0.162 e. The molecule has 0 spiro atoms. The molecule has 0 saturated carbocycles. The van der Waals surface area contributed by atoms with E-state index < -0.39 is 0 Å². The van der Waals surface area contributed by atoms with Gasteiger partial charge in [-0.15, -0.1) is 0 Å². The van der Waals surface area contributed by atoms with Gasteiger partial charge in [0.1, 0.15) is 5.75 Å². The van der Waals surface area contributed by atoms with Crippen LogP contribution in [0.3, 0.4) is 0 Å². The number of ether oxygens (including phenoxy) is 1. The summed E-state index contributed by atoms with van der Waals surface area (Å²) >= 11 is 0. The number of rotatable bonds is 2. The molecule has 1 heterocycles. The number of Topliss-reactive ketones (excluding diaryl/α,β-unsaturated/α-hetero) is 1. The van der Waals surface area contributed by atoms with Gasteiger partial charge in [0.05, 0.1) is 13.2 Å². The van der Waals surface area contributed by atoms with Crippen LogP contribution in [-0.2, 0) is 4.79 Å². The van der Waals surface area contributed by atoms with Crippen LogP contribution in [0.1, 0.15) is 43.9 Å². The molecule has 3 nitrogen and oxygen atoms in total. The summed E-state index contributed by atoms with van der Waals surface area (Å²) < 4.78 is 5.64. The average Bonchev–Trinajstić information content (AvgIpc) is 2.71. The van der Waals surface area contributed by atoms with E-state index in [4.69, 9.17) is 4.74 Å². The molecule has 146 valence electrons. The molecule has 1 N–H and O–H groups in total. The average molecular weight is 383 g/mol. The van der Waals surface area contributed by atoms with Gasteiger partial charge in [0.25, 0.3) is 0 Å². The number of benzene rings is 3. The summed E-state index contributed by atoms with van der Waals surface area (Å²) in [4.78, 5) is 13.4. The topological polar surface area (TPSA) is 38.3 Å². The fraction of sp³-hybridized carbons (Fsp3) is 0.269. The molecule has 0 bridgehead atoms. The van der Waals surface area contributed by atoms with E-state index in [-0.39, 0.29) is 17.2 Å². The van der Waals surface area contributed by atoms with Crippen molar-refractivity contribution >= 4 is 27.8 Å². The van der Waals surface area contributed by atoms with Gasteiger partial charge in [-0.1, -0.05) is 62.4 Å². The molecule has 0 radical (unpaired) electrons. The molecule has 1 aliphatic carbocycles. The van der Waals surface area contributed by atoms with Crippen molar-refractivity contribution in [3.63, 3.8) is 0 Å². The number of methoxy groups -OCH3 is 1. The van der Waals surface area contributed by atoms with Crippen LogP contribution in [0.4, 0.5) is 5.69 Å². The summed E-state index contributed by atoms with van der Waals surface area (Å²) in [5, 5.41) is 6.08.